The van der Waals surface area contributed by atoms with Crippen LogP contribution < -0.4 is 11.1 Å². The second kappa shape index (κ2) is 12.9. The van der Waals surface area contributed by atoms with Gasteiger partial charge in [0.25, 0.3) is 0 Å². The number of hydrogen-bond donors (Lipinski definition) is 1. The van der Waals surface area contributed by atoms with Gasteiger partial charge in [0.05, 0.1) is 24.7 Å². The second-order valence-electron chi connectivity index (χ2n) is 11.1. The minimum atomic E-state index is -4.71. The van der Waals surface area contributed by atoms with E-state index in [0.29, 0.717) is 37.4 Å². The van der Waals surface area contributed by atoms with Crippen LogP contribution in [0.3, 0.4) is 0 Å². The molecule has 0 radical (unpaired) electrons. The highest BCUT2D eigenvalue weighted by molar-refractivity contribution is 7.81. The van der Waals surface area contributed by atoms with Crippen molar-refractivity contribution >= 4 is 34.4 Å². The van der Waals surface area contributed by atoms with Gasteiger partial charge in [0.2, 0.25) is 5.91 Å². The van der Waals surface area contributed by atoms with Crippen LogP contribution in [-0.2, 0) is 44.5 Å². The summed E-state index contributed by atoms with van der Waals surface area (Å²) in [5.74, 6) is -1.57. The summed E-state index contributed by atoms with van der Waals surface area (Å²) in [4.78, 5) is 64.4. The molecule has 2 bridgehead atoms. The van der Waals surface area contributed by atoms with E-state index >= 15 is 0 Å². The van der Waals surface area contributed by atoms with Crippen molar-refractivity contribution in [3.8, 4) is 0 Å². The molecule has 0 unspecified atom stereocenters. The number of esters is 1. The zero-order chi connectivity index (χ0) is 31.5. The molecule has 4 amide bonds. The van der Waals surface area contributed by atoms with Gasteiger partial charge >= 0.3 is 34.3 Å². The van der Waals surface area contributed by atoms with E-state index in [0.717, 1.165) is 0 Å². The van der Waals surface area contributed by atoms with E-state index in [9.17, 15) is 32.4 Å². The largest absolute Gasteiger partial charge is 0.519 e. The molecule has 240 valence electrons. The van der Waals surface area contributed by atoms with Crippen LogP contribution in [0.25, 0.3) is 0 Å². The van der Waals surface area contributed by atoms with Gasteiger partial charge < -0.3 is 33.4 Å². The lowest BCUT2D eigenvalue weighted by atomic mass is 9.95. The molecule has 0 aromatic carbocycles. The van der Waals surface area contributed by atoms with Gasteiger partial charge in [0.1, 0.15) is 6.04 Å². The Morgan fingerprint density at radius 3 is 2.37 bits per heavy atom. The number of likely N-dealkylation sites (tertiary alicyclic amines) is 1. The first kappa shape index (κ1) is 32.3. The SMILES string of the molecule is CCOC(=O)C(C)(C)COS(=O)(=O)ON1C(=O)N2C[C@@H]1CC[C@H]2C(=O)NC1CCN(C(=O)OCc2oc(=O)oc2C)CC1. The molecule has 4 heterocycles. The van der Waals surface area contributed by atoms with Gasteiger partial charge in [-0.1, -0.05) is 0 Å². The molecular weight excluding hydrogens is 596 g/mol. The number of fused-ring (bicyclic) bond motifs is 2. The number of rotatable bonds is 11. The lowest BCUT2D eigenvalue weighted by Crippen LogP contribution is -2.54. The lowest BCUT2D eigenvalue weighted by Gasteiger charge is -2.34. The standard InChI is InChI=1S/C25H36N4O13S/c1-5-37-21(31)25(3,4)14-39-43(35,36)42-29-17-6-7-18(28(12-17)22(29)32)20(30)26-16-8-10-27(11-9-16)23(33)38-13-19-15(2)40-24(34)41-19/h16-18H,5-14H2,1-4H3,(H,26,30)/t17-,18-/m0/s1. The summed E-state index contributed by atoms with van der Waals surface area (Å²) < 4.78 is 54.4. The number of carbonyl (C=O) groups excluding carboxylic acids is 4. The maximum atomic E-state index is 13.1. The molecular formula is C25H36N4O13S. The molecule has 3 aliphatic rings. The summed E-state index contributed by atoms with van der Waals surface area (Å²) in [5, 5.41) is 3.62. The molecule has 2 atom stereocenters. The fourth-order valence-corrected chi connectivity index (χ4v) is 5.82. The van der Waals surface area contributed by atoms with E-state index < -0.39 is 64.3 Å². The third-order valence-electron chi connectivity index (χ3n) is 7.45. The Labute approximate surface area is 247 Å². The average molecular weight is 633 g/mol. The first-order valence-corrected chi connectivity index (χ1v) is 15.2. The van der Waals surface area contributed by atoms with E-state index in [1.165, 1.54) is 30.6 Å². The summed E-state index contributed by atoms with van der Waals surface area (Å²) in [7, 11) is -4.71. The van der Waals surface area contributed by atoms with Crippen LogP contribution in [-0.4, -0.2) is 98.3 Å². The third-order valence-corrected chi connectivity index (χ3v) is 8.20. The normalized spacial score (nSPS) is 21.2. The number of aryl methyl sites for hydroxylation is 1. The Morgan fingerprint density at radius 1 is 1.05 bits per heavy atom. The Bertz CT molecular complexity index is 1380. The molecule has 0 saturated carbocycles. The maximum Gasteiger partial charge on any atom is 0.519 e. The van der Waals surface area contributed by atoms with Crippen LogP contribution in [0.5, 0.6) is 0 Å². The predicted octanol–water partition coefficient (Wildman–Crippen LogP) is 0.809. The van der Waals surface area contributed by atoms with Crippen molar-refractivity contribution in [2.45, 2.75) is 78.1 Å². The van der Waals surface area contributed by atoms with E-state index in [2.05, 4.69) is 5.32 Å². The number of piperidine rings is 2. The van der Waals surface area contributed by atoms with Crippen LogP contribution in [0.1, 0.15) is 58.0 Å². The van der Waals surface area contributed by atoms with Crippen molar-refractivity contribution in [1.82, 2.24) is 20.2 Å². The molecule has 18 heteroatoms. The fourth-order valence-electron chi connectivity index (χ4n) is 4.96. The Morgan fingerprint density at radius 2 is 1.74 bits per heavy atom. The van der Waals surface area contributed by atoms with Crippen LogP contribution in [0.15, 0.2) is 13.6 Å². The van der Waals surface area contributed by atoms with Crippen LogP contribution in [0.2, 0.25) is 0 Å². The Balaban J connectivity index is 1.24. The number of nitrogens with one attached hydrogen (secondary N) is 1. The average Bonchev–Trinajstić information content (AvgIpc) is 3.40. The van der Waals surface area contributed by atoms with Crippen molar-refractivity contribution in [3.05, 3.63) is 22.1 Å². The van der Waals surface area contributed by atoms with Gasteiger partial charge in [0, 0.05) is 25.7 Å². The first-order valence-electron chi connectivity index (χ1n) is 13.9. The summed E-state index contributed by atoms with van der Waals surface area (Å²) in [6.45, 7) is 6.03. The number of amides is 4. The first-order chi connectivity index (χ1) is 20.2. The molecule has 17 nitrogen and oxygen atoms in total. The Kier molecular flexibility index (Phi) is 9.70. The smallest absolute Gasteiger partial charge is 0.466 e. The van der Waals surface area contributed by atoms with E-state index in [1.54, 1.807) is 6.92 Å². The molecule has 1 aromatic heterocycles. The molecule has 3 saturated heterocycles. The van der Waals surface area contributed by atoms with Crippen molar-refractivity contribution in [3.63, 3.8) is 0 Å². The molecule has 1 aromatic rings. The zero-order valence-electron chi connectivity index (χ0n) is 24.4. The summed E-state index contributed by atoms with van der Waals surface area (Å²) >= 11 is 0. The van der Waals surface area contributed by atoms with Gasteiger partial charge in [0.15, 0.2) is 18.1 Å². The third kappa shape index (κ3) is 7.66. The van der Waals surface area contributed by atoms with Gasteiger partial charge in [-0.25, -0.2) is 18.6 Å². The summed E-state index contributed by atoms with van der Waals surface area (Å²) in [6, 6.07) is -2.49. The number of hydrogen-bond acceptors (Lipinski definition) is 13. The maximum absolute atomic E-state index is 13.1. The van der Waals surface area contributed by atoms with E-state index in [-0.39, 0.29) is 43.7 Å². The molecule has 4 rings (SSSR count). The zero-order valence-corrected chi connectivity index (χ0v) is 25.2. The summed E-state index contributed by atoms with van der Waals surface area (Å²) in [5.41, 5.74) is -1.28. The molecule has 3 fully saturated rings. The molecule has 3 aliphatic heterocycles. The monoisotopic (exact) mass is 632 g/mol. The van der Waals surface area contributed by atoms with Crippen LogP contribution in [0.4, 0.5) is 9.59 Å². The van der Waals surface area contributed by atoms with Crippen molar-refractivity contribution in [1.29, 1.82) is 0 Å². The topological polar surface area (TPSA) is 204 Å². The molecule has 0 aliphatic carbocycles. The number of carbonyl (C=O) groups is 4. The van der Waals surface area contributed by atoms with E-state index in [1.807, 2.05) is 0 Å². The number of hydroxylamine groups is 2. The predicted molar refractivity (Wildman–Crippen MR) is 142 cm³/mol. The quantitative estimate of drug-likeness (QED) is 0.336. The van der Waals surface area contributed by atoms with Gasteiger partial charge in [-0.15, -0.1) is 4.28 Å². The highest BCUT2D eigenvalue weighted by Gasteiger charge is 2.50. The van der Waals surface area contributed by atoms with E-state index in [4.69, 9.17) is 26.8 Å². The van der Waals surface area contributed by atoms with Crippen molar-refractivity contribution in [2.24, 2.45) is 5.41 Å². The number of ether oxygens (including phenoxy) is 2. The number of urea groups is 1. The van der Waals surface area contributed by atoms with Gasteiger partial charge in [-0.3, -0.25) is 9.59 Å². The molecule has 0 spiro atoms. The second-order valence-corrected chi connectivity index (χ2v) is 12.3. The minimum absolute atomic E-state index is 0.0846. The lowest BCUT2D eigenvalue weighted by molar-refractivity contribution is -0.155. The van der Waals surface area contributed by atoms with Crippen molar-refractivity contribution in [2.75, 3.05) is 32.8 Å². The summed E-state index contributed by atoms with van der Waals surface area (Å²) in [6.07, 6.45) is 0.879. The fraction of sp³-hybridized carbons (Fsp3) is 0.720. The highest BCUT2D eigenvalue weighted by atomic mass is 32.3. The van der Waals surface area contributed by atoms with Gasteiger partial charge in [-0.2, -0.15) is 13.5 Å². The van der Waals surface area contributed by atoms with Crippen molar-refractivity contribution < 1.29 is 54.4 Å². The highest BCUT2D eigenvalue weighted by Crippen LogP contribution is 2.32. The Hall–Kier alpha value is -3.64. The molecule has 43 heavy (non-hydrogen) atoms. The number of nitrogens with zero attached hydrogens (tertiary/aromatic N) is 3. The van der Waals surface area contributed by atoms with Crippen LogP contribution in [0, 0.1) is 12.3 Å². The minimum Gasteiger partial charge on any atom is -0.466 e. The van der Waals surface area contributed by atoms with Crippen LogP contribution >= 0.6 is 0 Å². The van der Waals surface area contributed by atoms with Gasteiger partial charge in [-0.05, 0) is 53.4 Å². The molecule has 1 N–H and O–H groups in total.